The number of nitro groups is 1. The van der Waals surface area contributed by atoms with Crippen molar-refractivity contribution in [3.05, 3.63) is 51.0 Å². The molecule has 8 nitrogen and oxygen atoms in total. The maximum atomic E-state index is 13.0. The number of benzene rings is 1. The molecule has 140 valence electrons. The highest BCUT2D eigenvalue weighted by Gasteiger charge is 2.36. The predicted molar refractivity (Wildman–Crippen MR) is 85.9 cm³/mol. The Morgan fingerprint density at radius 1 is 1.27 bits per heavy atom. The lowest BCUT2D eigenvalue weighted by Gasteiger charge is -2.15. The number of hydrogen-bond donors (Lipinski definition) is 1. The number of sulfonamides is 1. The van der Waals surface area contributed by atoms with Crippen LogP contribution in [0.3, 0.4) is 0 Å². The van der Waals surface area contributed by atoms with Crippen molar-refractivity contribution in [2.24, 2.45) is 0 Å². The Balaban J connectivity index is 2.45. The molecule has 0 saturated heterocycles. The summed E-state index contributed by atoms with van der Waals surface area (Å²) in [5.41, 5.74) is -1.63. The van der Waals surface area contributed by atoms with E-state index in [4.69, 9.17) is 16.3 Å². The fourth-order valence-electron chi connectivity index (χ4n) is 1.76. The van der Waals surface area contributed by atoms with E-state index in [1.54, 1.807) is 4.72 Å². The van der Waals surface area contributed by atoms with E-state index in [2.05, 4.69) is 4.98 Å². The monoisotopic (exact) mass is 411 g/mol. The second kappa shape index (κ2) is 6.96. The number of nitrogens with zero attached hydrogens (tertiary/aromatic N) is 2. The van der Waals surface area contributed by atoms with Crippen molar-refractivity contribution in [2.75, 3.05) is 11.0 Å². The number of rotatable bonds is 5. The molecule has 0 spiro atoms. The van der Waals surface area contributed by atoms with E-state index in [0.29, 0.717) is 12.3 Å². The molecule has 0 radical (unpaired) electrons. The number of non-ortho nitro benzene ring substituents is 1. The Labute approximate surface area is 149 Å². The van der Waals surface area contributed by atoms with Crippen LogP contribution < -0.4 is 9.46 Å². The Morgan fingerprint density at radius 2 is 1.85 bits per heavy atom. The molecule has 2 aromatic rings. The molecule has 13 heteroatoms. The summed E-state index contributed by atoms with van der Waals surface area (Å²) < 4.78 is 68.5. The summed E-state index contributed by atoms with van der Waals surface area (Å²) in [5, 5.41) is 10.1. The van der Waals surface area contributed by atoms with Gasteiger partial charge in [0.2, 0.25) is 15.9 Å². The smallest absolute Gasteiger partial charge is 0.420 e. The fraction of sp³-hybridized carbons (Fsp3) is 0.154. The molecule has 1 aromatic heterocycles. The van der Waals surface area contributed by atoms with Crippen LogP contribution in [-0.4, -0.2) is 24.6 Å². The van der Waals surface area contributed by atoms with Gasteiger partial charge in [0, 0.05) is 12.1 Å². The minimum Gasteiger partial charge on any atom is -0.437 e. The normalized spacial score (nSPS) is 11.9. The van der Waals surface area contributed by atoms with Crippen LogP contribution in [0.1, 0.15) is 5.56 Å². The van der Waals surface area contributed by atoms with Crippen LogP contribution in [0.25, 0.3) is 0 Å². The van der Waals surface area contributed by atoms with Crippen molar-refractivity contribution in [1.82, 2.24) is 4.98 Å². The van der Waals surface area contributed by atoms with Crippen LogP contribution in [0.15, 0.2) is 30.3 Å². The Bertz CT molecular complexity index is 949. The lowest BCUT2D eigenvalue weighted by Crippen LogP contribution is -2.17. The van der Waals surface area contributed by atoms with Gasteiger partial charge >= 0.3 is 6.18 Å². The van der Waals surface area contributed by atoms with Gasteiger partial charge in [0.25, 0.3) is 5.69 Å². The molecule has 0 bridgehead atoms. The minimum atomic E-state index is -4.92. The predicted octanol–water partition coefficient (Wildman–Crippen LogP) is 3.83. The van der Waals surface area contributed by atoms with E-state index in [1.807, 2.05) is 0 Å². The summed E-state index contributed by atoms with van der Waals surface area (Å²) in [4.78, 5) is 13.4. The number of aromatic nitrogens is 1. The highest BCUT2D eigenvalue weighted by atomic mass is 35.5. The van der Waals surface area contributed by atoms with Crippen molar-refractivity contribution >= 4 is 33.1 Å². The topological polar surface area (TPSA) is 111 Å². The van der Waals surface area contributed by atoms with Crippen molar-refractivity contribution < 1.29 is 31.2 Å². The summed E-state index contributed by atoms with van der Waals surface area (Å²) in [6, 6.07) is 5.02. The summed E-state index contributed by atoms with van der Waals surface area (Å²) in [6.07, 6.45) is -4.27. The van der Waals surface area contributed by atoms with Gasteiger partial charge in [-0.2, -0.15) is 18.2 Å². The van der Waals surface area contributed by atoms with E-state index >= 15 is 0 Å². The number of ether oxygens (including phenoxy) is 1. The second-order valence-electron chi connectivity index (χ2n) is 4.90. The first kappa shape index (κ1) is 19.7. The Hall–Kier alpha value is -2.60. The maximum absolute atomic E-state index is 13.0. The quantitative estimate of drug-likeness (QED) is 0.591. The van der Waals surface area contributed by atoms with Gasteiger partial charge in [-0.05, 0) is 18.2 Å². The molecule has 26 heavy (non-hydrogen) atoms. The number of halogens is 4. The van der Waals surface area contributed by atoms with Gasteiger partial charge in [-0.15, -0.1) is 0 Å². The highest BCUT2D eigenvalue weighted by molar-refractivity contribution is 7.92. The Morgan fingerprint density at radius 3 is 2.31 bits per heavy atom. The molecule has 1 aromatic carbocycles. The second-order valence-corrected chi connectivity index (χ2v) is 7.05. The summed E-state index contributed by atoms with van der Waals surface area (Å²) in [5.74, 6) is -1.53. The third-order valence-corrected chi connectivity index (χ3v) is 3.63. The third-order valence-electron chi connectivity index (χ3n) is 2.79. The van der Waals surface area contributed by atoms with Crippen LogP contribution in [0.2, 0.25) is 5.02 Å². The van der Waals surface area contributed by atoms with Gasteiger partial charge in [0.15, 0.2) is 5.82 Å². The van der Waals surface area contributed by atoms with E-state index in [1.165, 1.54) is 12.1 Å². The fourth-order valence-corrected chi connectivity index (χ4v) is 2.46. The maximum Gasteiger partial charge on any atom is 0.420 e. The van der Waals surface area contributed by atoms with Gasteiger partial charge in [0.05, 0.1) is 11.2 Å². The minimum absolute atomic E-state index is 0.00457. The summed E-state index contributed by atoms with van der Waals surface area (Å²) >= 11 is 5.74. The average Bonchev–Trinajstić information content (AvgIpc) is 2.48. The zero-order valence-corrected chi connectivity index (χ0v) is 14.3. The van der Waals surface area contributed by atoms with Gasteiger partial charge in [-0.1, -0.05) is 11.6 Å². The zero-order chi connectivity index (χ0) is 19.7. The molecule has 0 aliphatic carbocycles. The molecule has 0 atom stereocenters. The summed E-state index contributed by atoms with van der Waals surface area (Å²) in [7, 11) is -4.06. The molecule has 0 unspecified atom stereocenters. The molecule has 0 aliphatic rings. The number of nitrogens with one attached hydrogen (secondary N) is 1. The van der Waals surface area contributed by atoms with Crippen LogP contribution in [0.4, 0.5) is 24.7 Å². The lowest BCUT2D eigenvalue weighted by atomic mass is 10.2. The van der Waals surface area contributed by atoms with Gasteiger partial charge in [0.1, 0.15) is 16.3 Å². The third kappa shape index (κ3) is 4.95. The number of nitro benzene ring substituents is 1. The molecule has 0 amide bonds. The van der Waals surface area contributed by atoms with E-state index < -0.39 is 43.4 Å². The first-order valence-electron chi connectivity index (χ1n) is 6.54. The molecule has 0 saturated carbocycles. The standard InChI is InChI=1S/C13H9ClF3N3O5S/c1-26(23,24)19-11-9(13(15,16)17)6-10(14)12(18-11)25-8-4-2-7(3-5-8)20(21)22/h2-6H,1H3,(H,18,19). The Kier molecular flexibility index (Phi) is 5.28. The molecule has 1 heterocycles. The molecular weight excluding hydrogens is 403 g/mol. The first-order chi connectivity index (χ1) is 11.9. The van der Waals surface area contributed by atoms with Gasteiger partial charge in [-0.3, -0.25) is 14.8 Å². The van der Waals surface area contributed by atoms with Gasteiger partial charge < -0.3 is 4.74 Å². The average molecular weight is 412 g/mol. The molecule has 0 aliphatic heterocycles. The van der Waals surface area contributed by atoms with Crippen LogP contribution in [0.5, 0.6) is 11.6 Å². The molecule has 0 fully saturated rings. The zero-order valence-electron chi connectivity index (χ0n) is 12.7. The number of anilines is 1. The van der Waals surface area contributed by atoms with E-state index in [9.17, 15) is 31.7 Å². The number of alkyl halides is 3. The lowest BCUT2D eigenvalue weighted by molar-refractivity contribution is -0.384. The van der Waals surface area contributed by atoms with Crippen LogP contribution in [-0.2, 0) is 16.2 Å². The molecular formula is C13H9ClF3N3O5S. The van der Waals surface area contributed by atoms with E-state index in [0.717, 1.165) is 12.1 Å². The molecule has 2 rings (SSSR count). The van der Waals surface area contributed by atoms with Crippen LogP contribution >= 0.6 is 11.6 Å². The van der Waals surface area contributed by atoms with Crippen molar-refractivity contribution in [2.45, 2.75) is 6.18 Å². The highest BCUT2D eigenvalue weighted by Crippen LogP contribution is 2.39. The first-order valence-corrected chi connectivity index (χ1v) is 8.81. The number of hydrogen-bond acceptors (Lipinski definition) is 6. The van der Waals surface area contributed by atoms with Crippen molar-refractivity contribution in [3.63, 3.8) is 0 Å². The van der Waals surface area contributed by atoms with Crippen molar-refractivity contribution in [3.8, 4) is 11.6 Å². The van der Waals surface area contributed by atoms with Gasteiger partial charge in [-0.25, -0.2) is 8.42 Å². The SMILES string of the molecule is CS(=O)(=O)Nc1nc(Oc2ccc([N+](=O)[O-])cc2)c(Cl)cc1C(F)(F)F. The van der Waals surface area contributed by atoms with Crippen molar-refractivity contribution in [1.29, 1.82) is 0 Å². The largest absolute Gasteiger partial charge is 0.437 e. The van der Waals surface area contributed by atoms with E-state index in [-0.39, 0.29) is 11.4 Å². The number of pyridine rings is 1. The summed E-state index contributed by atoms with van der Waals surface area (Å²) in [6.45, 7) is 0. The van der Waals surface area contributed by atoms with Crippen LogP contribution in [0, 0.1) is 10.1 Å². The molecule has 1 N–H and O–H groups in total.